The number of hydrogen-bond acceptors (Lipinski definition) is 7. The number of anilines is 1. The monoisotopic (exact) mass is 479 g/mol. The molecule has 1 aromatic carbocycles. The number of nitrogen functional groups attached to an aromatic ring is 1. The van der Waals surface area contributed by atoms with Crippen LogP contribution in [0.25, 0.3) is 10.9 Å². The summed E-state index contributed by atoms with van der Waals surface area (Å²) in [7, 11) is 1.44. The molecule has 1 unspecified atom stereocenters. The van der Waals surface area contributed by atoms with Crippen molar-refractivity contribution in [1.82, 2.24) is 20.1 Å². The first-order valence-electron chi connectivity index (χ1n) is 10.3. The molecule has 3 aromatic rings. The first-order chi connectivity index (χ1) is 16.1. The maximum absolute atomic E-state index is 15.0. The van der Waals surface area contributed by atoms with Gasteiger partial charge in [0, 0.05) is 24.1 Å². The molecule has 1 amide bonds. The van der Waals surface area contributed by atoms with Crippen LogP contribution >= 0.6 is 0 Å². The number of carbonyl (C=O) groups excluding carboxylic acids is 1. The van der Waals surface area contributed by atoms with Gasteiger partial charge in [-0.05, 0) is 30.7 Å². The van der Waals surface area contributed by atoms with Gasteiger partial charge < -0.3 is 20.1 Å². The Bertz CT molecular complexity index is 1230. The smallest absolute Gasteiger partial charge is 0.383 e. The van der Waals surface area contributed by atoms with Crippen LogP contribution in [0.2, 0.25) is 0 Å². The number of benzene rings is 1. The summed E-state index contributed by atoms with van der Waals surface area (Å²) in [5.74, 6) is -1.25. The molecule has 0 bridgehead atoms. The fraction of sp³-hybridized carbons (Fsp3) is 0.364. The highest BCUT2D eigenvalue weighted by molar-refractivity contribution is 5.99. The van der Waals surface area contributed by atoms with E-state index in [1.54, 1.807) is 6.92 Å². The van der Waals surface area contributed by atoms with Gasteiger partial charge in [0.15, 0.2) is 5.69 Å². The largest absolute Gasteiger partial charge is 0.435 e. The van der Waals surface area contributed by atoms with Crippen LogP contribution in [0.15, 0.2) is 24.3 Å². The number of nitrogens with two attached hydrogens (primary N) is 1. The third kappa shape index (κ3) is 4.50. The van der Waals surface area contributed by atoms with E-state index in [0.29, 0.717) is 16.5 Å². The van der Waals surface area contributed by atoms with Crippen LogP contribution in [0.4, 0.5) is 23.4 Å². The summed E-state index contributed by atoms with van der Waals surface area (Å²) in [5.41, 5.74) is 6.40. The molecule has 2 N–H and O–H groups in total. The van der Waals surface area contributed by atoms with E-state index in [4.69, 9.17) is 15.2 Å². The topological polar surface area (TPSA) is 103 Å². The number of fused-ring (bicyclic) bond motifs is 3. The molecule has 12 heteroatoms. The minimum atomic E-state index is -4.64. The molecule has 0 fully saturated rings. The lowest BCUT2D eigenvalue weighted by Gasteiger charge is -2.29. The molecule has 4 rings (SSSR count). The van der Waals surface area contributed by atoms with E-state index in [1.165, 1.54) is 18.1 Å². The SMILES string of the molecule is COCC(C)N(Cc1ccc(C(F)(F)F)nn1)C(=O)c1cc2c3c(c(N)nc2cc1F)COC3. The molecule has 1 aliphatic heterocycles. The van der Waals surface area contributed by atoms with Gasteiger partial charge in [0.2, 0.25) is 0 Å². The lowest BCUT2D eigenvalue weighted by Crippen LogP contribution is -2.41. The second kappa shape index (κ2) is 9.11. The number of hydrogen-bond donors (Lipinski definition) is 1. The second-order valence-electron chi connectivity index (χ2n) is 7.94. The Morgan fingerprint density at radius 1 is 1.24 bits per heavy atom. The number of rotatable bonds is 6. The van der Waals surface area contributed by atoms with Gasteiger partial charge in [-0.25, -0.2) is 9.37 Å². The van der Waals surface area contributed by atoms with Gasteiger partial charge in [0.05, 0.1) is 49.2 Å². The number of amides is 1. The predicted octanol–water partition coefficient (Wildman–Crippen LogP) is 3.47. The molecule has 1 atom stereocenters. The minimum Gasteiger partial charge on any atom is -0.383 e. The van der Waals surface area contributed by atoms with Crippen molar-refractivity contribution in [2.75, 3.05) is 19.5 Å². The van der Waals surface area contributed by atoms with Crippen molar-refractivity contribution in [3.63, 3.8) is 0 Å². The standard InChI is InChI=1S/C22H21F4N5O3/c1-11(8-33-2)31(7-12-3-4-19(30-29-12)22(24,25)26)21(32)14-5-13-15-9-34-10-16(15)20(27)28-18(13)6-17(14)23/h3-6,11H,7-10H2,1-2H3,(H2,27,28). The first kappa shape index (κ1) is 23.8. The highest BCUT2D eigenvalue weighted by Gasteiger charge is 2.33. The average Bonchev–Trinajstić information content (AvgIpc) is 3.27. The van der Waals surface area contributed by atoms with E-state index in [1.807, 2.05) is 0 Å². The van der Waals surface area contributed by atoms with Crippen LogP contribution in [0.1, 0.15) is 39.8 Å². The fourth-order valence-electron chi connectivity index (χ4n) is 3.84. The third-order valence-corrected chi connectivity index (χ3v) is 5.59. The van der Waals surface area contributed by atoms with Gasteiger partial charge in [0.25, 0.3) is 5.91 Å². The molecule has 0 spiro atoms. The maximum Gasteiger partial charge on any atom is 0.435 e. The van der Waals surface area contributed by atoms with Gasteiger partial charge >= 0.3 is 6.18 Å². The quantitative estimate of drug-likeness (QED) is 0.540. The molecule has 180 valence electrons. The zero-order valence-corrected chi connectivity index (χ0v) is 18.3. The predicted molar refractivity (Wildman–Crippen MR) is 113 cm³/mol. The Kier molecular flexibility index (Phi) is 6.36. The average molecular weight is 479 g/mol. The van der Waals surface area contributed by atoms with Crippen molar-refractivity contribution in [3.05, 3.63) is 58.2 Å². The van der Waals surface area contributed by atoms with Crippen molar-refractivity contribution in [2.45, 2.75) is 38.9 Å². The molecule has 3 heterocycles. The van der Waals surface area contributed by atoms with Gasteiger partial charge in [-0.2, -0.15) is 18.3 Å². The number of halogens is 4. The van der Waals surface area contributed by atoms with E-state index in [0.717, 1.165) is 23.8 Å². The van der Waals surface area contributed by atoms with E-state index >= 15 is 4.39 Å². The van der Waals surface area contributed by atoms with Crippen molar-refractivity contribution in [2.24, 2.45) is 0 Å². The van der Waals surface area contributed by atoms with Crippen LogP contribution in [0.3, 0.4) is 0 Å². The minimum absolute atomic E-state index is 0.106. The highest BCUT2D eigenvalue weighted by Crippen LogP contribution is 2.33. The summed E-state index contributed by atoms with van der Waals surface area (Å²) in [4.78, 5) is 18.9. The number of alkyl halides is 3. The molecule has 0 saturated heterocycles. The summed E-state index contributed by atoms with van der Waals surface area (Å²) in [6.45, 7) is 2.10. The summed E-state index contributed by atoms with van der Waals surface area (Å²) in [6.07, 6.45) is -4.64. The molecular weight excluding hydrogens is 458 g/mol. The van der Waals surface area contributed by atoms with Crippen molar-refractivity contribution >= 4 is 22.6 Å². The number of ether oxygens (including phenoxy) is 2. The van der Waals surface area contributed by atoms with Crippen molar-refractivity contribution < 1.29 is 31.8 Å². The van der Waals surface area contributed by atoms with E-state index < -0.39 is 29.6 Å². The Labute approximate surface area is 191 Å². The summed E-state index contributed by atoms with van der Waals surface area (Å²) >= 11 is 0. The molecule has 0 saturated carbocycles. The Balaban J connectivity index is 1.71. The molecule has 0 radical (unpaired) electrons. The first-order valence-corrected chi connectivity index (χ1v) is 10.3. The van der Waals surface area contributed by atoms with E-state index in [9.17, 15) is 18.0 Å². The van der Waals surface area contributed by atoms with Gasteiger partial charge in [-0.15, -0.1) is 5.10 Å². The lowest BCUT2D eigenvalue weighted by atomic mass is 10.0. The van der Waals surface area contributed by atoms with Crippen LogP contribution in [-0.4, -0.2) is 45.7 Å². The van der Waals surface area contributed by atoms with Crippen LogP contribution in [0, 0.1) is 5.82 Å². The molecule has 2 aromatic heterocycles. The molecule has 0 aliphatic carbocycles. The van der Waals surface area contributed by atoms with Gasteiger partial charge in [-0.1, -0.05) is 0 Å². The number of aromatic nitrogens is 3. The molecule has 34 heavy (non-hydrogen) atoms. The molecule has 1 aliphatic rings. The zero-order chi connectivity index (χ0) is 24.6. The number of nitrogens with zero attached hydrogens (tertiary/aromatic N) is 4. The molecule has 8 nitrogen and oxygen atoms in total. The summed E-state index contributed by atoms with van der Waals surface area (Å²) < 4.78 is 64.0. The van der Waals surface area contributed by atoms with Crippen LogP contribution in [-0.2, 0) is 35.4 Å². The maximum atomic E-state index is 15.0. The number of carbonyl (C=O) groups is 1. The zero-order valence-electron chi connectivity index (χ0n) is 18.3. The summed E-state index contributed by atoms with van der Waals surface area (Å²) in [6, 6.07) is 3.90. The van der Waals surface area contributed by atoms with Gasteiger partial charge in [0.1, 0.15) is 11.6 Å². The second-order valence-corrected chi connectivity index (χ2v) is 7.94. The highest BCUT2D eigenvalue weighted by atomic mass is 19.4. The van der Waals surface area contributed by atoms with Gasteiger partial charge in [-0.3, -0.25) is 4.79 Å². The van der Waals surface area contributed by atoms with Crippen LogP contribution in [0.5, 0.6) is 0 Å². The Hall–Kier alpha value is -3.38. The van der Waals surface area contributed by atoms with E-state index in [2.05, 4.69) is 15.2 Å². The van der Waals surface area contributed by atoms with E-state index in [-0.39, 0.29) is 43.4 Å². The number of pyridine rings is 1. The fourth-order valence-corrected chi connectivity index (χ4v) is 3.84. The Morgan fingerprint density at radius 2 is 1.97 bits per heavy atom. The molecular formula is C22H21F4N5O3. The number of methoxy groups -OCH3 is 1. The third-order valence-electron chi connectivity index (χ3n) is 5.59. The normalized spacial score (nSPS) is 14.3. The Morgan fingerprint density at radius 3 is 2.62 bits per heavy atom. The lowest BCUT2D eigenvalue weighted by molar-refractivity contribution is -0.141. The van der Waals surface area contributed by atoms with Crippen LogP contribution < -0.4 is 5.73 Å². The van der Waals surface area contributed by atoms with Crippen molar-refractivity contribution in [1.29, 1.82) is 0 Å². The van der Waals surface area contributed by atoms with Crippen molar-refractivity contribution in [3.8, 4) is 0 Å². The summed E-state index contributed by atoms with van der Waals surface area (Å²) in [5, 5.41) is 7.33.